The first-order valence-electron chi connectivity index (χ1n) is 5.34. The number of nitrogens with two attached hydrogens (primary N) is 1. The van der Waals surface area contributed by atoms with Crippen LogP contribution in [0.4, 0.5) is 4.79 Å². The second-order valence-corrected chi connectivity index (χ2v) is 3.75. The summed E-state index contributed by atoms with van der Waals surface area (Å²) in [6.45, 7) is 3.47. The smallest absolute Gasteiger partial charge is 0.329 e. The van der Waals surface area contributed by atoms with Gasteiger partial charge in [0.15, 0.2) is 11.5 Å². The number of ether oxygens (including phenoxy) is 2. The maximum absolute atomic E-state index is 11.0. The quantitative estimate of drug-likeness (QED) is 0.396. The SMILES string of the molecule is Cc1cc2c(cc1CNC(=O)NN)OCCO2. The third-order valence-electron chi connectivity index (χ3n) is 2.57. The maximum Gasteiger partial charge on any atom is 0.329 e. The third kappa shape index (κ3) is 2.59. The zero-order valence-electron chi connectivity index (χ0n) is 9.58. The lowest BCUT2D eigenvalue weighted by Crippen LogP contribution is -2.39. The number of aryl methyl sites for hydroxylation is 1. The lowest BCUT2D eigenvalue weighted by atomic mass is 10.1. The number of urea groups is 1. The summed E-state index contributed by atoms with van der Waals surface area (Å²) in [6, 6.07) is 3.37. The van der Waals surface area contributed by atoms with Gasteiger partial charge in [0, 0.05) is 6.54 Å². The van der Waals surface area contributed by atoms with Gasteiger partial charge in [-0.3, -0.25) is 5.43 Å². The lowest BCUT2D eigenvalue weighted by molar-refractivity contribution is 0.171. The molecule has 0 aromatic heterocycles. The zero-order valence-corrected chi connectivity index (χ0v) is 9.58. The number of amides is 2. The molecule has 0 saturated carbocycles. The molecule has 2 rings (SSSR count). The summed E-state index contributed by atoms with van der Waals surface area (Å²) in [5.41, 5.74) is 4.02. The molecule has 0 radical (unpaired) electrons. The minimum absolute atomic E-state index is 0.394. The highest BCUT2D eigenvalue weighted by Crippen LogP contribution is 2.32. The molecule has 0 unspecified atom stereocenters. The van der Waals surface area contributed by atoms with Gasteiger partial charge >= 0.3 is 6.03 Å². The van der Waals surface area contributed by atoms with E-state index >= 15 is 0 Å². The van der Waals surface area contributed by atoms with Crippen LogP contribution >= 0.6 is 0 Å². The topological polar surface area (TPSA) is 85.6 Å². The number of carbonyl (C=O) groups is 1. The molecular weight excluding hydrogens is 222 g/mol. The van der Waals surface area contributed by atoms with Crippen LogP contribution in [-0.4, -0.2) is 19.2 Å². The Balaban J connectivity index is 2.14. The summed E-state index contributed by atoms with van der Waals surface area (Å²) in [5, 5.41) is 2.62. The minimum Gasteiger partial charge on any atom is -0.486 e. The monoisotopic (exact) mass is 237 g/mol. The molecular formula is C11H15N3O3. The van der Waals surface area contributed by atoms with Crippen LogP contribution in [0, 0.1) is 6.92 Å². The lowest BCUT2D eigenvalue weighted by Gasteiger charge is -2.20. The van der Waals surface area contributed by atoms with Crippen molar-refractivity contribution in [3.63, 3.8) is 0 Å². The molecule has 1 heterocycles. The van der Waals surface area contributed by atoms with Crippen LogP contribution in [0.3, 0.4) is 0 Å². The van der Waals surface area contributed by atoms with Crippen molar-refractivity contribution >= 4 is 6.03 Å². The van der Waals surface area contributed by atoms with Gasteiger partial charge in [-0.05, 0) is 30.2 Å². The molecule has 4 N–H and O–H groups in total. The number of carbonyl (C=O) groups excluding carboxylic acids is 1. The van der Waals surface area contributed by atoms with E-state index in [1.165, 1.54) is 0 Å². The number of hydrogen-bond acceptors (Lipinski definition) is 4. The summed E-state index contributed by atoms with van der Waals surface area (Å²) in [4.78, 5) is 11.0. The van der Waals surface area contributed by atoms with Crippen LogP contribution in [0.5, 0.6) is 11.5 Å². The molecule has 6 heteroatoms. The van der Waals surface area contributed by atoms with E-state index in [4.69, 9.17) is 15.3 Å². The minimum atomic E-state index is -0.417. The Morgan fingerprint density at radius 2 is 2.00 bits per heavy atom. The van der Waals surface area contributed by atoms with Crippen LogP contribution in [0.25, 0.3) is 0 Å². The molecule has 17 heavy (non-hydrogen) atoms. The molecule has 0 atom stereocenters. The molecule has 0 fully saturated rings. The van der Waals surface area contributed by atoms with Crippen molar-refractivity contribution in [2.75, 3.05) is 13.2 Å². The van der Waals surface area contributed by atoms with Crippen molar-refractivity contribution in [3.05, 3.63) is 23.3 Å². The van der Waals surface area contributed by atoms with Crippen molar-refractivity contribution in [2.24, 2.45) is 5.84 Å². The number of nitrogens with one attached hydrogen (secondary N) is 2. The van der Waals surface area contributed by atoms with E-state index in [2.05, 4.69) is 5.32 Å². The van der Waals surface area contributed by atoms with Gasteiger partial charge in [0.1, 0.15) is 13.2 Å². The molecule has 0 spiro atoms. The summed E-state index contributed by atoms with van der Waals surface area (Å²) in [5.74, 6) is 6.44. The van der Waals surface area contributed by atoms with Gasteiger partial charge in [0.05, 0.1) is 0 Å². The van der Waals surface area contributed by atoms with Crippen LogP contribution in [-0.2, 0) is 6.54 Å². The van der Waals surface area contributed by atoms with E-state index in [0.29, 0.717) is 25.5 Å². The maximum atomic E-state index is 11.0. The Bertz CT molecular complexity index is 434. The predicted octanol–water partition coefficient (Wildman–Crippen LogP) is 0.439. The van der Waals surface area contributed by atoms with Crippen LogP contribution < -0.4 is 26.1 Å². The molecule has 6 nitrogen and oxygen atoms in total. The second kappa shape index (κ2) is 4.92. The molecule has 1 aliphatic heterocycles. The average Bonchev–Trinajstić information content (AvgIpc) is 2.35. The van der Waals surface area contributed by atoms with Crippen LogP contribution in [0.15, 0.2) is 12.1 Å². The van der Waals surface area contributed by atoms with E-state index in [0.717, 1.165) is 16.9 Å². The van der Waals surface area contributed by atoms with Gasteiger partial charge < -0.3 is 14.8 Å². The Labute approximate surface area is 99.0 Å². The van der Waals surface area contributed by atoms with Crippen molar-refractivity contribution < 1.29 is 14.3 Å². The van der Waals surface area contributed by atoms with Gasteiger partial charge in [-0.25, -0.2) is 10.6 Å². The summed E-state index contributed by atoms with van der Waals surface area (Å²) < 4.78 is 10.9. The predicted molar refractivity (Wildman–Crippen MR) is 61.7 cm³/mol. The average molecular weight is 237 g/mol. The molecule has 0 saturated heterocycles. The number of benzene rings is 1. The first-order valence-corrected chi connectivity index (χ1v) is 5.34. The van der Waals surface area contributed by atoms with Crippen molar-refractivity contribution in [2.45, 2.75) is 13.5 Å². The van der Waals surface area contributed by atoms with Crippen LogP contribution in [0.2, 0.25) is 0 Å². The highest BCUT2D eigenvalue weighted by atomic mass is 16.6. The fourth-order valence-electron chi connectivity index (χ4n) is 1.65. The van der Waals surface area contributed by atoms with Crippen molar-refractivity contribution in [1.82, 2.24) is 10.7 Å². The molecule has 92 valence electrons. The molecule has 0 bridgehead atoms. The summed E-state index contributed by atoms with van der Waals surface area (Å²) >= 11 is 0. The Kier molecular flexibility index (Phi) is 3.34. The fourth-order valence-corrected chi connectivity index (χ4v) is 1.65. The second-order valence-electron chi connectivity index (χ2n) is 3.75. The molecule has 1 aliphatic rings. The van der Waals surface area contributed by atoms with Crippen molar-refractivity contribution in [3.8, 4) is 11.5 Å². The van der Waals surface area contributed by atoms with E-state index in [1.807, 2.05) is 24.5 Å². The van der Waals surface area contributed by atoms with E-state index in [1.54, 1.807) is 0 Å². The Hall–Kier alpha value is -1.95. The third-order valence-corrected chi connectivity index (χ3v) is 2.57. The molecule has 1 aromatic carbocycles. The number of rotatable bonds is 2. The number of fused-ring (bicyclic) bond motifs is 1. The fraction of sp³-hybridized carbons (Fsp3) is 0.364. The normalized spacial score (nSPS) is 13.1. The van der Waals surface area contributed by atoms with Gasteiger partial charge in [-0.1, -0.05) is 0 Å². The number of hydrazine groups is 1. The first-order chi connectivity index (χ1) is 8.20. The van der Waals surface area contributed by atoms with Gasteiger partial charge in [-0.2, -0.15) is 0 Å². The molecule has 1 aromatic rings. The van der Waals surface area contributed by atoms with Gasteiger partial charge in [-0.15, -0.1) is 0 Å². The molecule has 0 aliphatic carbocycles. The van der Waals surface area contributed by atoms with E-state index in [-0.39, 0.29) is 0 Å². The number of hydrogen-bond donors (Lipinski definition) is 3. The first kappa shape index (κ1) is 11.5. The van der Waals surface area contributed by atoms with Crippen molar-refractivity contribution in [1.29, 1.82) is 0 Å². The Morgan fingerprint density at radius 3 is 2.65 bits per heavy atom. The van der Waals surface area contributed by atoms with E-state index < -0.39 is 6.03 Å². The van der Waals surface area contributed by atoms with E-state index in [9.17, 15) is 4.79 Å². The highest BCUT2D eigenvalue weighted by Gasteiger charge is 2.14. The summed E-state index contributed by atoms with van der Waals surface area (Å²) in [6.07, 6.45) is 0. The Morgan fingerprint density at radius 1 is 1.35 bits per heavy atom. The van der Waals surface area contributed by atoms with Crippen LogP contribution in [0.1, 0.15) is 11.1 Å². The van der Waals surface area contributed by atoms with Gasteiger partial charge in [0.25, 0.3) is 0 Å². The molecule has 2 amide bonds. The highest BCUT2D eigenvalue weighted by molar-refractivity contribution is 5.73. The zero-order chi connectivity index (χ0) is 12.3. The van der Waals surface area contributed by atoms with Gasteiger partial charge in [0.2, 0.25) is 0 Å². The standard InChI is InChI=1S/C11H15N3O3/c1-7-4-9-10(17-3-2-16-9)5-8(7)6-13-11(15)14-12/h4-5H,2-3,6,12H2,1H3,(H2,13,14,15). The largest absolute Gasteiger partial charge is 0.486 e. The summed E-state index contributed by atoms with van der Waals surface area (Å²) in [7, 11) is 0.